The minimum absolute atomic E-state index is 0.762. The Morgan fingerprint density at radius 3 is 2.77 bits per heavy atom. The van der Waals surface area contributed by atoms with E-state index in [-0.39, 0.29) is 0 Å². The fraction of sp³-hybridized carbons (Fsp3) is 0.700. The molecule has 1 aromatic rings. The highest BCUT2D eigenvalue weighted by Gasteiger charge is 2.22. The minimum atomic E-state index is 0.762. The average molecular weight is 260 g/mol. The Morgan fingerprint density at radius 1 is 1.46 bits per heavy atom. The van der Waals surface area contributed by atoms with Crippen molar-refractivity contribution in [1.82, 2.24) is 4.98 Å². The third-order valence-corrected chi connectivity index (χ3v) is 4.43. The number of rotatable bonds is 2. The summed E-state index contributed by atoms with van der Waals surface area (Å²) in [6.07, 6.45) is 6.62. The van der Waals surface area contributed by atoms with Gasteiger partial charge < -0.3 is 0 Å². The Kier molecular flexibility index (Phi) is 3.04. The lowest BCUT2D eigenvalue weighted by atomic mass is 10.0. The smallest absolute Gasteiger partial charge is 0.159 e. The standard InChI is InChI=1S/C10H14BrNS/c1-2-8-9(12-10(11)13-8)7-5-3-4-6-7/h7H,2-6H2,1H3. The maximum atomic E-state index is 4.60. The second-order valence-electron chi connectivity index (χ2n) is 3.61. The first kappa shape index (κ1) is 9.66. The predicted octanol–water partition coefficient (Wildman–Crippen LogP) is 4.13. The Balaban J connectivity index is 2.26. The van der Waals surface area contributed by atoms with E-state index < -0.39 is 0 Å². The zero-order valence-electron chi connectivity index (χ0n) is 7.85. The van der Waals surface area contributed by atoms with Crippen LogP contribution in [0.2, 0.25) is 0 Å². The van der Waals surface area contributed by atoms with Gasteiger partial charge in [0.1, 0.15) is 0 Å². The molecule has 1 aromatic heterocycles. The molecule has 0 bridgehead atoms. The van der Waals surface area contributed by atoms with Crippen LogP contribution in [0, 0.1) is 0 Å². The summed E-state index contributed by atoms with van der Waals surface area (Å²) in [7, 11) is 0. The number of aromatic nitrogens is 1. The molecule has 0 unspecified atom stereocenters. The van der Waals surface area contributed by atoms with Gasteiger partial charge in [0.25, 0.3) is 0 Å². The van der Waals surface area contributed by atoms with Gasteiger partial charge in [-0.3, -0.25) is 0 Å². The maximum absolute atomic E-state index is 4.60. The van der Waals surface area contributed by atoms with Crippen molar-refractivity contribution >= 4 is 27.3 Å². The van der Waals surface area contributed by atoms with Crippen molar-refractivity contribution < 1.29 is 0 Å². The highest BCUT2D eigenvalue weighted by atomic mass is 79.9. The Morgan fingerprint density at radius 2 is 2.15 bits per heavy atom. The van der Waals surface area contributed by atoms with Crippen molar-refractivity contribution in [3.8, 4) is 0 Å². The van der Waals surface area contributed by atoms with E-state index in [0.717, 1.165) is 16.3 Å². The lowest BCUT2D eigenvalue weighted by Crippen LogP contribution is -1.96. The number of aryl methyl sites for hydroxylation is 1. The summed E-state index contributed by atoms with van der Waals surface area (Å²) in [6, 6.07) is 0. The summed E-state index contributed by atoms with van der Waals surface area (Å²) >= 11 is 5.29. The molecule has 0 spiro atoms. The van der Waals surface area contributed by atoms with E-state index in [0.29, 0.717) is 0 Å². The summed E-state index contributed by atoms with van der Waals surface area (Å²) in [5, 5.41) is 0. The molecule has 0 saturated heterocycles. The molecule has 72 valence electrons. The zero-order chi connectivity index (χ0) is 9.26. The highest BCUT2D eigenvalue weighted by molar-refractivity contribution is 9.11. The van der Waals surface area contributed by atoms with E-state index >= 15 is 0 Å². The highest BCUT2D eigenvalue weighted by Crippen LogP contribution is 2.38. The molecule has 0 aliphatic heterocycles. The van der Waals surface area contributed by atoms with Crippen molar-refractivity contribution in [2.45, 2.75) is 44.9 Å². The SMILES string of the molecule is CCc1sc(Br)nc1C1CCCC1. The van der Waals surface area contributed by atoms with Crippen molar-refractivity contribution in [3.05, 3.63) is 14.5 Å². The van der Waals surface area contributed by atoms with Crippen LogP contribution in [0.3, 0.4) is 0 Å². The first-order valence-corrected chi connectivity index (χ1v) is 6.57. The topological polar surface area (TPSA) is 12.9 Å². The van der Waals surface area contributed by atoms with E-state index in [1.165, 1.54) is 36.3 Å². The van der Waals surface area contributed by atoms with Gasteiger partial charge in [-0.25, -0.2) is 4.98 Å². The molecule has 1 saturated carbocycles. The Bertz CT molecular complexity index is 289. The summed E-state index contributed by atoms with van der Waals surface area (Å²) in [6.45, 7) is 2.22. The Labute approximate surface area is 91.7 Å². The van der Waals surface area contributed by atoms with Crippen LogP contribution in [-0.2, 0) is 6.42 Å². The molecule has 1 aliphatic rings. The second-order valence-corrected chi connectivity index (χ2v) is 5.97. The molecule has 0 N–H and O–H groups in total. The largest absolute Gasteiger partial charge is 0.234 e. The molecule has 1 heterocycles. The first-order valence-electron chi connectivity index (χ1n) is 4.96. The van der Waals surface area contributed by atoms with Gasteiger partial charge in [-0.15, -0.1) is 11.3 Å². The maximum Gasteiger partial charge on any atom is 0.159 e. The molecular weight excluding hydrogens is 246 g/mol. The second kappa shape index (κ2) is 4.09. The van der Waals surface area contributed by atoms with E-state index in [4.69, 9.17) is 0 Å². The summed E-state index contributed by atoms with van der Waals surface area (Å²) < 4.78 is 1.06. The normalized spacial score (nSPS) is 18.3. The van der Waals surface area contributed by atoms with Crippen LogP contribution in [0.4, 0.5) is 0 Å². The van der Waals surface area contributed by atoms with Crippen LogP contribution in [0.5, 0.6) is 0 Å². The molecule has 3 heteroatoms. The van der Waals surface area contributed by atoms with Crippen LogP contribution in [0.1, 0.15) is 49.1 Å². The van der Waals surface area contributed by atoms with Crippen LogP contribution in [0.15, 0.2) is 3.92 Å². The molecule has 0 radical (unpaired) electrons. The van der Waals surface area contributed by atoms with Gasteiger partial charge in [0.05, 0.1) is 5.69 Å². The van der Waals surface area contributed by atoms with Crippen LogP contribution in [-0.4, -0.2) is 4.98 Å². The van der Waals surface area contributed by atoms with Crippen LogP contribution in [0.25, 0.3) is 0 Å². The minimum Gasteiger partial charge on any atom is -0.234 e. The molecule has 2 rings (SSSR count). The fourth-order valence-corrected chi connectivity index (χ4v) is 3.69. The number of hydrogen-bond acceptors (Lipinski definition) is 2. The van der Waals surface area contributed by atoms with E-state index in [1.807, 2.05) is 0 Å². The van der Waals surface area contributed by atoms with E-state index in [1.54, 1.807) is 11.3 Å². The van der Waals surface area contributed by atoms with Gasteiger partial charge in [-0.2, -0.15) is 0 Å². The summed E-state index contributed by atoms with van der Waals surface area (Å²) in [5.74, 6) is 0.762. The van der Waals surface area contributed by atoms with Crippen LogP contribution < -0.4 is 0 Å². The van der Waals surface area contributed by atoms with Crippen molar-refractivity contribution in [2.75, 3.05) is 0 Å². The Hall–Kier alpha value is 0.110. The molecular formula is C10H14BrNS. The molecule has 0 aromatic carbocycles. The average Bonchev–Trinajstić information content (AvgIpc) is 2.71. The third kappa shape index (κ3) is 1.96. The molecule has 1 fully saturated rings. The first-order chi connectivity index (χ1) is 6.31. The lowest BCUT2D eigenvalue weighted by molar-refractivity contribution is 0.693. The van der Waals surface area contributed by atoms with Gasteiger partial charge >= 0.3 is 0 Å². The van der Waals surface area contributed by atoms with Gasteiger partial charge in [-0.05, 0) is 35.2 Å². The van der Waals surface area contributed by atoms with Gasteiger partial charge in [0.15, 0.2) is 3.92 Å². The number of thiazole rings is 1. The van der Waals surface area contributed by atoms with E-state index in [2.05, 4.69) is 27.8 Å². The van der Waals surface area contributed by atoms with E-state index in [9.17, 15) is 0 Å². The molecule has 0 amide bonds. The molecule has 0 atom stereocenters. The lowest BCUT2D eigenvalue weighted by Gasteiger charge is -2.06. The van der Waals surface area contributed by atoms with Crippen molar-refractivity contribution in [1.29, 1.82) is 0 Å². The molecule has 13 heavy (non-hydrogen) atoms. The predicted molar refractivity (Wildman–Crippen MR) is 60.4 cm³/mol. The molecule has 1 aliphatic carbocycles. The van der Waals surface area contributed by atoms with Gasteiger partial charge in [0.2, 0.25) is 0 Å². The summed E-state index contributed by atoms with van der Waals surface area (Å²) in [5.41, 5.74) is 1.39. The molecule has 1 nitrogen and oxygen atoms in total. The number of halogens is 1. The fourth-order valence-electron chi connectivity index (χ4n) is 2.11. The number of hydrogen-bond donors (Lipinski definition) is 0. The van der Waals surface area contributed by atoms with Crippen LogP contribution >= 0.6 is 27.3 Å². The van der Waals surface area contributed by atoms with Crippen molar-refractivity contribution in [3.63, 3.8) is 0 Å². The number of nitrogens with zero attached hydrogens (tertiary/aromatic N) is 1. The monoisotopic (exact) mass is 259 g/mol. The van der Waals surface area contributed by atoms with Gasteiger partial charge in [0, 0.05) is 10.8 Å². The third-order valence-electron chi connectivity index (χ3n) is 2.76. The summed E-state index contributed by atoms with van der Waals surface area (Å²) in [4.78, 5) is 6.08. The quantitative estimate of drug-likeness (QED) is 0.779. The van der Waals surface area contributed by atoms with Gasteiger partial charge in [-0.1, -0.05) is 19.8 Å². The van der Waals surface area contributed by atoms with Crippen molar-refractivity contribution in [2.24, 2.45) is 0 Å². The zero-order valence-corrected chi connectivity index (χ0v) is 10.2.